The van der Waals surface area contributed by atoms with Crippen LogP contribution in [0.2, 0.25) is 0 Å². The highest BCUT2D eigenvalue weighted by molar-refractivity contribution is 14.1. The van der Waals surface area contributed by atoms with E-state index in [1.165, 1.54) is 0 Å². The van der Waals surface area contributed by atoms with Crippen LogP contribution in [0, 0.1) is 21.8 Å². The molecule has 0 unspecified atom stereocenters. The predicted octanol–water partition coefficient (Wildman–Crippen LogP) is 2.58. The second-order valence-corrected chi connectivity index (χ2v) is 4.51. The first-order valence-corrected chi connectivity index (χ1v) is 6.01. The first-order valence-electron chi connectivity index (χ1n) is 4.93. The first-order chi connectivity index (χ1) is 7.58. The van der Waals surface area contributed by atoms with E-state index in [1.54, 1.807) is 13.0 Å². The lowest BCUT2D eigenvalue weighted by atomic mass is 10.0. The van der Waals surface area contributed by atoms with Crippen LogP contribution in [0.15, 0.2) is 12.1 Å². The molecule has 1 aromatic rings. The number of rotatable bonds is 3. The van der Waals surface area contributed by atoms with E-state index < -0.39 is 0 Å². The van der Waals surface area contributed by atoms with Gasteiger partial charge in [-0.3, -0.25) is 4.79 Å². The Morgan fingerprint density at radius 1 is 1.56 bits per heavy atom. The number of carbonyl (C=O) groups excluding carboxylic acids is 1. The molecule has 0 atom stereocenters. The summed E-state index contributed by atoms with van der Waals surface area (Å²) in [5.41, 5.74) is 2.51. The predicted molar refractivity (Wildman–Crippen MR) is 68.9 cm³/mol. The smallest absolute Gasteiger partial charge is 0.310 e. The van der Waals surface area contributed by atoms with Crippen molar-refractivity contribution < 1.29 is 9.53 Å². The highest BCUT2D eigenvalue weighted by Gasteiger charge is 2.09. The third-order valence-corrected chi connectivity index (χ3v) is 3.08. The van der Waals surface area contributed by atoms with Crippen LogP contribution < -0.4 is 0 Å². The number of ether oxygens (including phenoxy) is 1. The van der Waals surface area contributed by atoms with Crippen LogP contribution in [0.25, 0.3) is 0 Å². The van der Waals surface area contributed by atoms with E-state index in [0.717, 1.165) is 14.7 Å². The molecule has 1 aromatic carbocycles. The fourth-order valence-electron chi connectivity index (χ4n) is 1.37. The molecule has 0 fully saturated rings. The zero-order valence-corrected chi connectivity index (χ0v) is 11.4. The number of carbonyl (C=O) groups is 1. The van der Waals surface area contributed by atoms with Gasteiger partial charge in [0.15, 0.2) is 0 Å². The molecule has 0 amide bonds. The molecule has 0 N–H and O–H groups in total. The third-order valence-electron chi connectivity index (χ3n) is 2.19. The van der Waals surface area contributed by atoms with E-state index in [2.05, 4.69) is 28.7 Å². The van der Waals surface area contributed by atoms with Crippen LogP contribution in [-0.4, -0.2) is 12.6 Å². The monoisotopic (exact) mass is 329 g/mol. The van der Waals surface area contributed by atoms with Crippen molar-refractivity contribution in [2.45, 2.75) is 20.3 Å². The molecule has 0 aliphatic heterocycles. The summed E-state index contributed by atoms with van der Waals surface area (Å²) in [6, 6.07) is 5.79. The Labute approximate surface area is 109 Å². The van der Waals surface area contributed by atoms with Gasteiger partial charge in [-0.15, -0.1) is 0 Å². The van der Waals surface area contributed by atoms with Gasteiger partial charge in [-0.1, -0.05) is 0 Å². The van der Waals surface area contributed by atoms with E-state index in [4.69, 9.17) is 10.00 Å². The van der Waals surface area contributed by atoms with Gasteiger partial charge in [0, 0.05) is 3.57 Å². The summed E-state index contributed by atoms with van der Waals surface area (Å²) in [5, 5.41) is 8.85. The first kappa shape index (κ1) is 13.0. The van der Waals surface area contributed by atoms with Gasteiger partial charge in [-0.2, -0.15) is 5.26 Å². The normalized spacial score (nSPS) is 9.62. The van der Waals surface area contributed by atoms with Crippen molar-refractivity contribution in [3.05, 3.63) is 32.4 Å². The van der Waals surface area contributed by atoms with Crippen molar-refractivity contribution in [3.8, 4) is 6.07 Å². The quantitative estimate of drug-likeness (QED) is 0.633. The summed E-state index contributed by atoms with van der Waals surface area (Å²) in [5.74, 6) is -0.230. The van der Waals surface area contributed by atoms with Crippen LogP contribution in [-0.2, 0) is 16.0 Å². The molecule has 84 valence electrons. The van der Waals surface area contributed by atoms with Crippen LogP contribution >= 0.6 is 22.6 Å². The topological polar surface area (TPSA) is 50.1 Å². The minimum Gasteiger partial charge on any atom is -0.466 e. The average Bonchev–Trinajstić information content (AvgIpc) is 2.23. The molecule has 0 aliphatic carbocycles. The molecule has 0 aromatic heterocycles. The molecule has 0 saturated carbocycles. The van der Waals surface area contributed by atoms with Crippen LogP contribution in [0.4, 0.5) is 0 Å². The molecule has 0 aliphatic rings. The number of halogens is 1. The Kier molecular flexibility index (Phi) is 4.74. The van der Waals surface area contributed by atoms with Crippen molar-refractivity contribution in [1.82, 2.24) is 0 Å². The Morgan fingerprint density at radius 3 is 2.81 bits per heavy atom. The number of nitrogens with zero attached hydrogens (tertiary/aromatic N) is 1. The molecular weight excluding hydrogens is 317 g/mol. The van der Waals surface area contributed by atoms with Gasteiger partial charge in [-0.05, 0) is 59.7 Å². The minimum absolute atomic E-state index is 0.230. The maximum atomic E-state index is 11.3. The number of benzene rings is 1. The SMILES string of the molecule is CCOC(=O)Cc1cc(I)c(C#N)cc1C. The van der Waals surface area contributed by atoms with Crippen molar-refractivity contribution in [2.24, 2.45) is 0 Å². The Morgan fingerprint density at radius 2 is 2.25 bits per heavy atom. The maximum Gasteiger partial charge on any atom is 0.310 e. The van der Waals surface area contributed by atoms with Gasteiger partial charge in [0.25, 0.3) is 0 Å². The Bertz CT molecular complexity index is 449. The Balaban J connectivity index is 2.95. The molecule has 0 heterocycles. The van der Waals surface area contributed by atoms with Crippen molar-refractivity contribution in [2.75, 3.05) is 6.61 Å². The zero-order valence-electron chi connectivity index (χ0n) is 9.21. The lowest BCUT2D eigenvalue weighted by Gasteiger charge is -2.07. The fraction of sp³-hybridized carbons (Fsp3) is 0.333. The van der Waals surface area contributed by atoms with Gasteiger partial charge in [0.2, 0.25) is 0 Å². The standard InChI is InChI=1S/C12H12INO2/c1-3-16-12(15)6-9-5-11(13)10(7-14)4-8(9)2/h4-5H,3,6H2,1-2H3. The fourth-order valence-corrected chi connectivity index (χ4v) is 2.02. The van der Waals surface area contributed by atoms with Crippen molar-refractivity contribution in [1.29, 1.82) is 5.26 Å². The summed E-state index contributed by atoms with van der Waals surface area (Å²) >= 11 is 2.10. The van der Waals surface area contributed by atoms with Gasteiger partial charge < -0.3 is 4.74 Å². The number of aryl methyl sites for hydroxylation is 1. The summed E-state index contributed by atoms with van der Waals surface area (Å²) in [6.45, 7) is 4.07. The highest BCUT2D eigenvalue weighted by atomic mass is 127. The zero-order chi connectivity index (χ0) is 12.1. The molecule has 0 spiro atoms. The van der Waals surface area contributed by atoms with Crippen LogP contribution in [0.3, 0.4) is 0 Å². The van der Waals surface area contributed by atoms with Crippen LogP contribution in [0.5, 0.6) is 0 Å². The lowest BCUT2D eigenvalue weighted by molar-refractivity contribution is -0.142. The van der Waals surface area contributed by atoms with Crippen molar-refractivity contribution in [3.63, 3.8) is 0 Å². The largest absolute Gasteiger partial charge is 0.466 e. The minimum atomic E-state index is -0.230. The number of esters is 1. The van der Waals surface area contributed by atoms with Crippen LogP contribution in [0.1, 0.15) is 23.6 Å². The van der Waals surface area contributed by atoms with Crippen molar-refractivity contribution >= 4 is 28.6 Å². The second kappa shape index (κ2) is 5.85. The number of hydrogen-bond donors (Lipinski definition) is 0. The van der Waals surface area contributed by atoms with E-state index >= 15 is 0 Å². The summed E-state index contributed by atoms with van der Waals surface area (Å²) in [4.78, 5) is 11.3. The molecule has 0 saturated heterocycles. The molecule has 0 bridgehead atoms. The summed E-state index contributed by atoms with van der Waals surface area (Å²) in [7, 11) is 0. The molecule has 4 heteroatoms. The summed E-state index contributed by atoms with van der Waals surface area (Å²) in [6.07, 6.45) is 0.265. The number of hydrogen-bond acceptors (Lipinski definition) is 3. The molecule has 1 rings (SSSR count). The second-order valence-electron chi connectivity index (χ2n) is 3.35. The highest BCUT2D eigenvalue weighted by Crippen LogP contribution is 2.18. The van der Waals surface area contributed by atoms with E-state index in [0.29, 0.717) is 12.2 Å². The van der Waals surface area contributed by atoms with E-state index in [9.17, 15) is 4.79 Å². The molecule has 0 radical (unpaired) electrons. The van der Waals surface area contributed by atoms with Gasteiger partial charge in [0.1, 0.15) is 6.07 Å². The summed E-state index contributed by atoms with van der Waals surface area (Å²) < 4.78 is 5.76. The average molecular weight is 329 g/mol. The molecule has 16 heavy (non-hydrogen) atoms. The van der Waals surface area contributed by atoms with Gasteiger partial charge in [0.05, 0.1) is 18.6 Å². The van der Waals surface area contributed by atoms with E-state index in [1.807, 2.05) is 13.0 Å². The third kappa shape index (κ3) is 3.20. The Hall–Kier alpha value is -1.09. The lowest BCUT2D eigenvalue weighted by Crippen LogP contribution is -2.09. The number of nitriles is 1. The van der Waals surface area contributed by atoms with Gasteiger partial charge >= 0.3 is 5.97 Å². The van der Waals surface area contributed by atoms with E-state index in [-0.39, 0.29) is 12.4 Å². The van der Waals surface area contributed by atoms with Gasteiger partial charge in [-0.25, -0.2) is 0 Å². The molecule has 3 nitrogen and oxygen atoms in total. The maximum absolute atomic E-state index is 11.3. The molecular formula is C12H12INO2.